The number of halogens is 3. The molecule has 210 valence electrons. The summed E-state index contributed by atoms with van der Waals surface area (Å²) in [6.07, 6.45) is -3.38. The molecule has 0 radical (unpaired) electrons. The summed E-state index contributed by atoms with van der Waals surface area (Å²) < 4.78 is 55.5. The Bertz CT molecular complexity index is 1380. The van der Waals surface area contributed by atoms with Gasteiger partial charge in [-0.15, -0.1) is 0 Å². The number of nitrogens with one attached hydrogen (secondary N) is 3. The van der Waals surface area contributed by atoms with E-state index in [1.807, 2.05) is 0 Å². The predicted molar refractivity (Wildman–Crippen MR) is 141 cm³/mol. The Labute approximate surface area is 227 Å². The first-order valence-electron chi connectivity index (χ1n) is 11.7. The van der Waals surface area contributed by atoms with Crippen LogP contribution in [0.5, 0.6) is 17.2 Å². The van der Waals surface area contributed by atoms with Crippen molar-refractivity contribution in [3.63, 3.8) is 0 Å². The summed E-state index contributed by atoms with van der Waals surface area (Å²) in [7, 11) is 1.50. The zero-order chi connectivity index (χ0) is 29.1. The van der Waals surface area contributed by atoms with Gasteiger partial charge in [0.2, 0.25) is 0 Å². The fraction of sp³-hybridized carbons (Fsp3) is 0.185. The Balaban J connectivity index is 1.57. The Morgan fingerprint density at radius 1 is 0.900 bits per heavy atom. The largest absolute Gasteiger partial charge is 0.497 e. The van der Waals surface area contributed by atoms with E-state index < -0.39 is 36.1 Å². The number of hydrazone groups is 1. The molecule has 0 aromatic heterocycles. The molecule has 0 aliphatic heterocycles. The normalized spacial score (nSPS) is 11.0. The van der Waals surface area contributed by atoms with Gasteiger partial charge in [-0.05, 0) is 67.1 Å². The van der Waals surface area contributed by atoms with Crippen LogP contribution in [0.15, 0.2) is 71.8 Å². The molecule has 3 N–H and O–H groups in total. The third-order valence-electron chi connectivity index (χ3n) is 5.07. The van der Waals surface area contributed by atoms with Gasteiger partial charge in [0.15, 0.2) is 18.1 Å². The molecule has 0 unspecified atom stereocenters. The number of benzene rings is 3. The summed E-state index contributed by atoms with van der Waals surface area (Å²) in [6, 6.07) is 15.5. The Hall–Kier alpha value is -5.07. The summed E-state index contributed by atoms with van der Waals surface area (Å²) in [4.78, 5) is 36.3. The summed E-state index contributed by atoms with van der Waals surface area (Å²) in [5, 5.41) is 8.37. The van der Waals surface area contributed by atoms with E-state index in [1.54, 1.807) is 31.2 Å². The maximum atomic E-state index is 13.2. The van der Waals surface area contributed by atoms with Crippen LogP contribution in [0.25, 0.3) is 0 Å². The van der Waals surface area contributed by atoms with Crippen molar-refractivity contribution in [3.05, 3.63) is 77.9 Å². The molecule has 0 bridgehead atoms. The molecule has 40 heavy (non-hydrogen) atoms. The standard InChI is InChI=1S/C27H25F3N4O6/c1-3-39-23-14-17(15-31-34-26(37)25(36)32-18-9-11-19(38-2)12-10-18)8-13-22(23)40-16-24(35)33-21-7-5-4-6-20(21)27(28,29)30/h4-15H,3,16H2,1-2H3,(H,32,36)(H,33,35)(H,34,37)/b31-15-. The SMILES string of the molecule is CCOc1cc(/C=N\NC(=O)C(=O)Nc2ccc(OC)cc2)ccc1OCC(=O)Nc1ccccc1C(F)(F)F. The molecule has 0 aliphatic rings. The number of ether oxygens (including phenoxy) is 3. The van der Waals surface area contributed by atoms with Gasteiger partial charge >= 0.3 is 18.0 Å². The number of hydrogen-bond donors (Lipinski definition) is 3. The monoisotopic (exact) mass is 558 g/mol. The topological polar surface area (TPSA) is 127 Å². The van der Waals surface area contributed by atoms with E-state index >= 15 is 0 Å². The number of carbonyl (C=O) groups is 3. The number of alkyl halides is 3. The first kappa shape index (κ1) is 29.5. The molecule has 0 fully saturated rings. The number of carbonyl (C=O) groups excluding carboxylic acids is 3. The van der Waals surface area contributed by atoms with Gasteiger partial charge in [0, 0.05) is 5.69 Å². The molecule has 3 rings (SSSR count). The number of anilines is 2. The lowest BCUT2D eigenvalue weighted by atomic mass is 10.1. The van der Waals surface area contributed by atoms with Crippen molar-refractivity contribution in [3.8, 4) is 17.2 Å². The van der Waals surface area contributed by atoms with Crippen LogP contribution < -0.4 is 30.3 Å². The van der Waals surface area contributed by atoms with E-state index in [1.165, 1.54) is 43.7 Å². The molecule has 10 nitrogen and oxygen atoms in total. The lowest BCUT2D eigenvalue weighted by Crippen LogP contribution is -2.32. The van der Waals surface area contributed by atoms with E-state index in [0.717, 1.165) is 12.1 Å². The van der Waals surface area contributed by atoms with Gasteiger partial charge < -0.3 is 24.8 Å². The van der Waals surface area contributed by atoms with Crippen LogP contribution in [0.3, 0.4) is 0 Å². The average Bonchev–Trinajstić information content (AvgIpc) is 2.93. The van der Waals surface area contributed by atoms with Crippen molar-refractivity contribution in [2.45, 2.75) is 13.1 Å². The second-order valence-corrected chi connectivity index (χ2v) is 7.90. The molecule has 0 saturated carbocycles. The van der Waals surface area contributed by atoms with Crippen molar-refractivity contribution in [1.29, 1.82) is 0 Å². The Kier molecular flexibility index (Phi) is 10.1. The molecule has 3 aromatic rings. The van der Waals surface area contributed by atoms with Crippen LogP contribution in [0, 0.1) is 0 Å². The summed E-state index contributed by atoms with van der Waals surface area (Å²) in [5.74, 6) is -1.78. The molecular formula is C27H25F3N4O6. The predicted octanol–water partition coefficient (Wildman–Crippen LogP) is 4.22. The summed E-state index contributed by atoms with van der Waals surface area (Å²) in [5.41, 5.74) is 1.58. The number of amides is 3. The Morgan fingerprint density at radius 3 is 2.30 bits per heavy atom. The van der Waals surface area contributed by atoms with E-state index in [-0.39, 0.29) is 23.8 Å². The number of rotatable bonds is 10. The highest BCUT2D eigenvalue weighted by Crippen LogP contribution is 2.34. The van der Waals surface area contributed by atoms with Gasteiger partial charge in [-0.1, -0.05) is 12.1 Å². The van der Waals surface area contributed by atoms with Crippen LogP contribution in [0.2, 0.25) is 0 Å². The van der Waals surface area contributed by atoms with Crippen molar-refractivity contribution in [2.75, 3.05) is 31.0 Å². The second kappa shape index (κ2) is 13.6. The highest BCUT2D eigenvalue weighted by molar-refractivity contribution is 6.39. The molecule has 0 saturated heterocycles. The highest BCUT2D eigenvalue weighted by atomic mass is 19.4. The third kappa shape index (κ3) is 8.48. The van der Waals surface area contributed by atoms with Crippen LogP contribution in [0.4, 0.5) is 24.5 Å². The Morgan fingerprint density at radius 2 is 1.62 bits per heavy atom. The van der Waals surface area contributed by atoms with Crippen molar-refractivity contribution in [2.24, 2.45) is 5.10 Å². The van der Waals surface area contributed by atoms with Gasteiger partial charge in [-0.3, -0.25) is 14.4 Å². The number of methoxy groups -OCH3 is 1. The lowest BCUT2D eigenvalue weighted by Gasteiger charge is -2.15. The maximum absolute atomic E-state index is 13.2. The van der Waals surface area contributed by atoms with E-state index in [4.69, 9.17) is 14.2 Å². The first-order valence-corrected chi connectivity index (χ1v) is 11.7. The van der Waals surface area contributed by atoms with Crippen molar-refractivity contribution in [1.82, 2.24) is 5.43 Å². The highest BCUT2D eigenvalue weighted by Gasteiger charge is 2.33. The minimum atomic E-state index is -4.63. The minimum Gasteiger partial charge on any atom is -0.497 e. The fourth-order valence-electron chi connectivity index (χ4n) is 3.24. The molecular weight excluding hydrogens is 533 g/mol. The lowest BCUT2D eigenvalue weighted by molar-refractivity contribution is -0.137. The summed E-state index contributed by atoms with van der Waals surface area (Å²) in [6.45, 7) is 1.37. The fourth-order valence-corrected chi connectivity index (χ4v) is 3.24. The van der Waals surface area contributed by atoms with Gasteiger partial charge in [-0.25, -0.2) is 5.43 Å². The smallest absolute Gasteiger partial charge is 0.418 e. The molecule has 0 spiro atoms. The van der Waals surface area contributed by atoms with E-state index in [9.17, 15) is 27.6 Å². The van der Waals surface area contributed by atoms with Crippen LogP contribution >= 0.6 is 0 Å². The van der Waals surface area contributed by atoms with Crippen molar-refractivity contribution >= 4 is 35.3 Å². The van der Waals surface area contributed by atoms with Gasteiger partial charge in [0.25, 0.3) is 5.91 Å². The average molecular weight is 559 g/mol. The zero-order valence-electron chi connectivity index (χ0n) is 21.4. The van der Waals surface area contributed by atoms with E-state index in [2.05, 4.69) is 21.2 Å². The van der Waals surface area contributed by atoms with Crippen LogP contribution in [-0.2, 0) is 20.6 Å². The zero-order valence-corrected chi connectivity index (χ0v) is 21.4. The molecule has 3 amide bonds. The molecule has 0 atom stereocenters. The van der Waals surface area contributed by atoms with Crippen LogP contribution in [-0.4, -0.2) is 44.3 Å². The quantitative estimate of drug-likeness (QED) is 0.194. The number of para-hydroxylation sites is 1. The van der Waals surface area contributed by atoms with Crippen LogP contribution in [0.1, 0.15) is 18.1 Å². The van der Waals surface area contributed by atoms with Gasteiger partial charge in [-0.2, -0.15) is 18.3 Å². The second-order valence-electron chi connectivity index (χ2n) is 7.90. The first-order chi connectivity index (χ1) is 19.1. The van der Waals surface area contributed by atoms with E-state index in [0.29, 0.717) is 17.0 Å². The number of hydrogen-bond acceptors (Lipinski definition) is 7. The number of nitrogens with zero attached hydrogens (tertiary/aromatic N) is 1. The minimum absolute atomic E-state index is 0.154. The van der Waals surface area contributed by atoms with Gasteiger partial charge in [0.05, 0.1) is 31.2 Å². The summed E-state index contributed by atoms with van der Waals surface area (Å²) >= 11 is 0. The maximum Gasteiger partial charge on any atom is 0.418 e. The molecule has 3 aromatic carbocycles. The molecule has 13 heteroatoms. The molecule has 0 heterocycles. The third-order valence-corrected chi connectivity index (χ3v) is 5.07. The molecule has 0 aliphatic carbocycles. The van der Waals surface area contributed by atoms with Gasteiger partial charge in [0.1, 0.15) is 5.75 Å². The van der Waals surface area contributed by atoms with Crippen molar-refractivity contribution < 1.29 is 41.8 Å².